The molecule has 2 N–H and O–H groups in total. The molecule has 0 fully saturated rings. The van der Waals surface area contributed by atoms with Crippen molar-refractivity contribution in [2.24, 2.45) is 12.8 Å². The number of nitrogens with two attached hydrogens (primary N) is 1. The Labute approximate surface area is 208 Å². The van der Waals surface area contributed by atoms with Gasteiger partial charge in [0.25, 0.3) is 0 Å². The van der Waals surface area contributed by atoms with Crippen molar-refractivity contribution in [1.29, 1.82) is 0 Å². The fourth-order valence-electron chi connectivity index (χ4n) is 3.27. The molecule has 0 bridgehead atoms. The van der Waals surface area contributed by atoms with Gasteiger partial charge in [0.05, 0.1) is 13.1 Å². The molecule has 4 aromatic rings. The molecule has 1 aromatic heterocycles. The number of halogens is 2. The summed E-state index contributed by atoms with van der Waals surface area (Å²) in [5, 5.41) is 2.34. The van der Waals surface area contributed by atoms with Crippen LogP contribution in [0, 0.1) is 0 Å². The summed E-state index contributed by atoms with van der Waals surface area (Å²) in [6.45, 7) is -0.137. The molecule has 0 radical (unpaired) electrons. The van der Waals surface area contributed by atoms with Gasteiger partial charge in [-0.3, -0.25) is 4.79 Å². The van der Waals surface area contributed by atoms with E-state index < -0.39 is 12.0 Å². The van der Waals surface area contributed by atoms with E-state index in [1.165, 1.54) is 0 Å². The summed E-state index contributed by atoms with van der Waals surface area (Å²) in [6.07, 6.45) is -0.724. The fraction of sp³-hybridized carbons (Fsp3) is 0.154. The molecule has 3 aromatic carbocycles. The lowest BCUT2D eigenvalue weighted by Crippen LogP contribution is -2.40. The quantitative estimate of drug-likeness (QED) is 0.378. The van der Waals surface area contributed by atoms with Crippen molar-refractivity contribution in [3.05, 3.63) is 106 Å². The molecule has 8 heteroatoms. The minimum Gasteiger partial charge on any atom is -0.444 e. The van der Waals surface area contributed by atoms with Crippen LogP contribution in [0.3, 0.4) is 0 Å². The molecular formula is C26H25Cl2N3O3. The average molecular weight is 498 g/mol. The van der Waals surface area contributed by atoms with Crippen molar-refractivity contribution >= 4 is 46.1 Å². The van der Waals surface area contributed by atoms with Crippen LogP contribution in [-0.2, 0) is 29.7 Å². The highest BCUT2D eigenvalue weighted by Gasteiger charge is 2.24. The number of benzene rings is 3. The Balaban J connectivity index is 0.000000396. The summed E-state index contributed by atoms with van der Waals surface area (Å²) >= 11 is 11.6. The van der Waals surface area contributed by atoms with Crippen molar-refractivity contribution in [2.45, 2.75) is 13.2 Å². The molecule has 0 atom stereocenters. The summed E-state index contributed by atoms with van der Waals surface area (Å²) in [5.74, 6) is -0.503. The van der Waals surface area contributed by atoms with Crippen LogP contribution in [0.5, 0.6) is 0 Å². The minimum absolute atomic E-state index is 0.0620. The van der Waals surface area contributed by atoms with Crippen LogP contribution in [0.15, 0.2) is 84.9 Å². The molecule has 0 saturated heterocycles. The summed E-state index contributed by atoms with van der Waals surface area (Å²) < 4.78 is 7.21. The molecule has 6 nitrogen and oxygen atoms in total. The highest BCUT2D eigenvalue weighted by molar-refractivity contribution is 6.31. The number of aromatic nitrogens is 1. The first-order chi connectivity index (χ1) is 16.4. The monoisotopic (exact) mass is 497 g/mol. The Morgan fingerprint density at radius 2 is 1.56 bits per heavy atom. The molecule has 0 aliphatic heterocycles. The molecule has 2 amide bonds. The topological polar surface area (TPSA) is 77.6 Å². The highest BCUT2D eigenvalue weighted by Crippen LogP contribution is 2.23. The number of hydrogen-bond acceptors (Lipinski definition) is 4. The Morgan fingerprint density at radius 1 is 0.912 bits per heavy atom. The maximum Gasteiger partial charge on any atom is 0.417 e. The van der Waals surface area contributed by atoms with E-state index in [0.29, 0.717) is 5.02 Å². The molecule has 0 spiro atoms. The van der Waals surface area contributed by atoms with Crippen LogP contribution in [0.4, 0.5) is 4.79 Å². The molecular weight excluding hydrogens is 473 g/mol. The van der Waals surface area contributed by atoms with Gasteiger partial charge < -0.3 is 15.0 Å². The van der Waals surface area contributed by atoms with E-state index in [2.05, 4.69) is 0 Å². The molecule has 176 valence electrons. The smallest absolute Gasteiger partial charge is 0.417 e. The summed E-state index contributed by atoms with van der Waals surface area (Å²) in [4.78, 5) is 25.7. The normalized spacial score (nSPS) is 10.4. The summed E-state index contributed by atoms with van der Waals surface area (Å²) in [5.41, 5.74) is 8.04. The fourth-order valence-corrected chi connectivity index (χ4v) is 3.59. The molecule has 0 unspecified atom stereocenters. The first-order valence-electron chi connectivity index (χ1n) is 10.5. The van der Waals surface area contributed by atoms with Gasteiger partial charge in [-0.1, -0.05) is 71.7 Å². The lowest BCUT2D eigenvalue weighted by molar-refractivity contribution is -0.128. The van der Waals surface area contributed by atoms with Crippen LogP contribution in [0.1, 0.15) is 11.3 Å². The van der Waals surface area contributed by atoms with Crippen LogP contribution in [0.2, 0.25) is 10.0 Å². The maximum absolute atomic E-state index is 12.5. The van der Waals surface area contributed by atoms with Crippen molar-refractivity contribution in [3.8, 4) is 0 Å². The number of imide groups is 1. The third-order valence-electron chi connectivity index (χ3n) is 5.06. The van der Waals surface area contributed by atoms with Crippen LogP contribution in [-0.4, -0.2) is 28.0 Å². The third-order valence-corrected chi connectivity index (χ3v) is 5.55. The third kappa shape index (κ3) is 6.84. The zero-order valence-corrected chi connectivity index (χ0v) is 20.2. The van der Waals surface area contributed by atoms with Gasteiger partial charge in [0.15, 0.2) is 0 Å². The highest BCUT2D eigenvalue weighted by atomic mass is 35.5. The Morgan fingerprint density at radius 3 is 2.15 bits per heavy atom. The predicted molar refractivity (Wildman–Crippen MR) is 136 cm³/mol. The van der Waals surface area contributed by atoms with E-state index in [9.17, 15) is 9.59 Å². The van der Waals surface area contributed by atoms with E-state index in [1.54, 1.807) is 6.07 Å². The molecule has 0 aliphatic carbocycles. The van der Waals surface area contributed by atoms with Crippen molar-refractivity contribution in [1.82, 2.24) is 9.47 Å². The second kappa shape index (κ2) is 12.2. The number of aryl methyl sites for hydroxylation is 1. The van der Waals surface area contributed by atoms with Gasteiger partial charge >= 0.3 is 6.09 Å². The lowest BCUT2D eigenvalue weighted by atomic mass is 10.2. The second-order valence-corrected chi connectivity index (χ2v) is 8.29. The number of amides is 2. The average Bonchev–Trinajstić information content (AvgIpc) is 3.16. The second-order valence-electron chi connectivity index (χ2n) is 7.42. The van der Waals surface area contributed by atoms with Crippen molar-refractivity contribution in [2.75, 3.05) is 6.54 Å². The Bertz CT molecular complexity index is 1240. The molecule has 1 heterocycles. The van der Waals surface area contributed by atoms with Gasteiger partial charge in [0, 0.05) is 33.7 Å². The lowest BCUT2D eigenvalue weighted by Gasteiger charge is -2.20. The Kier molecular flexibility index (Phi) is 9.10. The number of fused-ring (bicyclic) bond motifs is 1. The SMILES string of the molecule is Clc1ccccc1.Cn1c(CN(C(=O)CN)C(=O)OCc2ccccc2)cc2cc(Cl)ccc21. The maximum atomic E-state index is 12.5. The van der Waals surface area contributed by atoms with Crippen LogP contribution < -0.4 is 5.73 Å². The number of rotatable bonds is 5. The van der Waals surface area contributed by atoms with Gasteiger partial charge in [-0.25, -0.2) is 9.69 Å². The predicted octanol–water partition coefficient (Wildman–Crippen LogP) is 5.80. The Hall–Kier alpha value is -3.32. The van der Waals surface area contributed by atoms with E-state index in [0.717, 1.165) is 32.1 Å². The molecule has 0 aliphatic rings. The van der Waals surface area contributed by atoms with E-state index in [4.69, 9.17) is 33.7 Å². The van der Waals surface area contributed by atoms with Gasteiger partial charge in [-0.05, 0) is 42.0 Å². The zero-order valence-electron chi connectivity index (χ0n) is 18.7. The standard InChI is InChI=1S/C20H20ClN3O3.C6H5Cl/c1-23-17(10-15-9-16(21)7-8-18(15)23)12-24(19(25)11-22)20(26)27-13-14-5-3-2-4-6-14;7-6-4-2-1-3-5-6/h2-10H,11-13,22H2,1H3;1-5H. The van der Waals surface area contributed by atoms with E-state index in [-0.39, 0.29) is 19.7 Å². The van der Waals surface area contributed by atoms with Crippen LogP contribution in [0.25, 0.3) is 10.9 Å². The first kappa shape index (κ1) is 25.3. The van der Waals surface area contributed by atoms with Crippen molar-refractivity contribution in [3.63, 3.8) is 0 Å². The molecule has 34 heavy (non-hydrogen) atoms. The number of hydrogen-bond donors (Lipinski definition) is 1. The van der Waals surface area contributed by atoms with Gasteiger partial charge in [0.1, 0.15) is 6.61 Å². The number of ether oxygens (including phenoxy) is 1. The van der Waals surface area contributed by atoms with E-state index in [1.807, 2.05) is 90.5 Å². The first-order valence-corrected chi connectivity index (χ1v) is 11.3. The number of carbonyl (C=O) groups is 2. The summed E-state index contributed by atoms with van der Waals surface area (Å²) in [7, 11) is 1.87. The largest absolute Gasteiger partial charge is 0.444 e. The number of nitrogens with zero attached hydrogens (tertiary/aromatic N) is 2. The zero-order chi connectivity index (χ0) is 24.5. The minimum atomic E-state index is -0.724. The molecule has 4 rings (SSSR count). The van der Waals surface area contributed by atoms with Gasteiger partial charge in [-0.2, -0.15) is 0 Å². The van der Waals surface area contributed by atoms with Gasteiger partial charge in [-0.15, -0.1) is 0 Å². The number of carbonyl (C=O) groups excluding carboxylic acids is 2. The van der Waals surface area contributed by atoms with Crippen molar-refractivity contribution < 1.29 is 14.3 Å². The van der Waals surface area contributed by atoms with Gasteiger partial charge in [0.2, 0.25) is 5.91 Å². The van der Waals surface area contributed by atoms with E-state index >= 15 is 0 Å². The van der Waals surface area contributed by atoms with Crippen LogP contribution >= 0.6 is 23.2 Å². The summed E-state index contributed by atoms with van der Waals surface area (Å²) in [6, 6.07) is 26.1. The molecule has 0 saturated carbocycles.